The minimum atomic E-state index is -4.15. The van der Waals surface area contributed by atoms with Gasteiger partial charge in [0.05, 0.1) is 17.8 Å². The van der Waals surface area contributed by atoms with Crippen LogP contribution in [0.15, 0.2) is 65.8 Å². The van der Waals surface area contributed by atoms with Crippen LogP contribution in [0, 0.1) is 0 Å². The average Bonchev–Trinajstić information content (AvgIpc) is 3.28. The summed E-state index contributed by atoms with van der Waals surface area (Å²) in [6.45, 7) is 1.01. The van der Waals surface area contributed by atoms with E-state index in [2.05, 4.69) is 4.98 Å². The number of hydrogen-bond acceptors (Lipinski definition) is 5. The van der Waals surface area contributed by atoms with E-state index < -0.39 is 22.2 Å². The van der Waals surface area contributed by atoms with Gasteiger partial charge in [-0.25, -0.2) is 14.2 Å². The van der Waals surface area contributed by atoms with Gasteiger partial charge in [-0.3, -0.25) is 4.31 Å². The minimum Gasteiger partial charge on any atom is -0.487 e. The minimum absolute atomic E-state index is 0.0916. The Kier molecular flexibility index (Phi) is 6.83. The molecule has 0 radical (unpaired) electrons. The van der Waals surface area contributed by atoms with Gasteiger partial charge >= 0.3 is 5.97 Å². The van der Waals surface area contributed by atoms with Crippen molar-refractivity contribution in [3.63, 3.8) is 0 Å². The number of aromatic carboxylic acids is 1. The second-order valence-corrected chi connectivity index (χ2v) is 10.0. The van der Waals surface area contributed by atoms with Gasteiger partial charge in [0.1, 0.15) is 18.5 Å². The Morgan fingerprint density at radius 1 is 1.15 bits per heavy atom. The third-order valence-electron chi connectivity index (χ3n) is 5.65. The molecule has 34 heavy (non-hydrogen) atoms. The van der Waals surface area contributed by atoms with E-state index in [1.165, 1.54) is 31.3 Å². The molecule has 3 aromatic rings. The Hall–Kier alpha value is -3.46. The molecule has 0 aliphatic heterocycles. The molecular weight excluding hydrogens is 459 g/mol. The van der Waals surface area contributed by atoms with Crippen LogP contribution in [0.25, 0.3) is 0 Å². The van der Waals surface area contributed by atoms with E-state index in [1.807, 2.05) is 6.07 Å². The van der Waals surface area contributed by atoms with E-state index in [-0.39, 0.29) is 29.4 Å². The summed E-state index contributed by atoms with van der Waals surface area (Å²) in [7, 11) is -4.15. The Morgan fingerprint density at radius 3 is 2.47 bits per heavy atom. The number of pyridine rings is 1. The van der Waals surface area contributed by atoms with E-state index in [0.29, 0.717) is 5.75 Å². The smallest absolute Gasteiger partial charge is 0.335 e. The Labute approximate surface area is 197 Å². The van der Waals surface area contributed by atoms with Crippen LogP contribution in [0.1, 0.15) is 40.4 Å². The fraction of sp³-hybridized carbons (Fsp3) is 0.280. The molecule has 4 rings (SSSR count). The quantitative estimate of drug-likeness (QED) is 0.484. The number of aryl methyl sites for hydroxylation is 2. The topological polar surface area (TPSA) is 96.8 Å². The number of ether oxygens (including phenoxy) is 1. The molecule has 1 unspecified atom stereocenters. The summed E-state index contributed by atoms with van der Waals surface area (Å²) in [5, 5.41) is 8.91. The van der Waals surface area contributed by atoms with E-state index in [0.717, 1.165) is 40.3 Å². The number of hydrogen-bond donors (Lipinski definition) is 1. The molecule has 1 heterocycles. The van der Waals surface area contributed by atoms with E-state index in [9.17, 15) is 17.6 Å². The van der Waals surface area contributed by atoms with E-state index >= 15 is 0 Å². The molecule has 0 saturated heterocycles. The highest BCUT2D eigenvalue weighted by Gasteiger charge is 2.31. The van der Waals surface area contributed by atoms with Crippen LogP contribution < -0.4 is 9.04 Å². The second kappa shape index (κ2) is 9.80. The maximum absolute atomic E-state index is 14.2. The van der Waals surface area contributed by atoms with Crippen LogP contribution in [0.5, 0.6) is 5.75 Å². The number of carbonyl (C=O) groups is 1. The fourth-order valence-electron chi connectivity index (χ4n) is 3.97. The third-order valence-corrected chi connectivity index (χ3v) is 7.34. The first-order valence-corrected chi connectivity index (χ1v) is 12.4. The molecule has 9 heteroatoms. The van der Waals surface area contributed by atoms with Crippen molar-refractivity contribution >= 4 is 21.7 Å². The summed E-state index contributed by atoms with van der Waals surface area (Å²) in [5.74, 6) is -0.702. The molecule has 0 amide bonds. The van der Waals surface area contributed by atoms with Gasteiger partial charge in [-0.15, -0.1) is 0 Å². The van der Waals surface area contributed by atoms with E-state index in [1.54, 1.807) is 30.3 Å². The zero-order chi connectivity index (χ0) is 24.3. The molecule has 0 fully saturated rings. The van der Waals surface area contributed by atoms with Crippen LogP contribution in [0.4, 0.5) is 10.1 Å². The molecule has 0 spiro atoms. The van der Waals surface area contributed by atoms with Gasteiger partial charge in [-0.05, 0) is 79.3 Å². The molecular formula is C25H25FN2O5S. The van der Waals surface area contributed by atoms with Crippen molar-refractivity contribution in [2.24, 2.45) is 0 Å². The SMILES string of the molecule is CC(F)CN(c1cc2c(cc1OCc1ccc(C(=O)O)cc1)CCC2)S(=O)(=O)c1ccccn1. The zero-order valence-corrected chi connectivity index (χ0v) is 19.5. The number of anilines is 1. The predicted octanol–water partition coefficient (Wildman–Crippen LogP) is 4.40. The van der Waals surface area contributed by atoms with E-state index in [4.69, 9.17) is 9.84 Å². The number of sulfonamides is 1. The fourth-order valence-corrected chi connectivity index (χ4v) is 5.44. The Bertz CT molecular complexity index is 1280. The number of alkyl halides is 1. The van der Waals surface area contributed by atoms with Crippen molar-refractivity contribution < 1.29 is 27.4 Å². The first-order chi connectivity index (χ1) is 16.3. The van der Waals surface area contributed by atoms with Crippen LogP contribution in [0.3, 0.4) is 0 Å². The Morgan fingerprint density at radius 2 is 1.85 bits per heavy atom. The number of halogens is 1. The van der Waals surface area contributed by atoms with Crippen LogP contribution >= 0.6 is 0 Å². The molecule has 1 N–H and O–H groups in total. The maximum atomic E-state index is 14.2. The summed E-state index contributed by atoms with van der Waals surface area (Å²) in [6.07, 6.45) is 2.56. The standard InChI is InChI=1S/C25H25FN2O5S/c1-17(26)15-28(34(31,32)24-7-2-3-12-27-24)22-13-20-5-4-6-21(20)14-23(22)33-16-18-8-10-19(11-9-18)25(29)30/h2-3,7-14,17H,4-6,15-16H2,1H3,(H,29,30). The molecule has 1 aromatic heterocycles. The lowest BCUT2D eigenvalue weighted by atomic mass is 10.1. The van der Waals surface area contributed by atoms with Crippen molar-refractivity contribution in [1.29, 1.82) is 0 Å². The summed E-state index contributed by atoms with van der Waals surface area (Å²) < 4.78 is 48.3. The van der Waals surface area contributed by atoms with Gasteiger partial charge in [-0.2, -0.15) is 8.42 Å². The lowest BCUT2D eigenvalue weighted by molar-refractivity contribution is 0.0696. The van der Waals surface area contributed by atoms with Gasteiger partial charge < -0.3 is 9.84 Å². The maximum Gasteiger partial charge on any atom is 0.335 e. The number of nitrogens with zero attached hydrogens (tertiary/aromatic N) is 2. The first kappa shape index (κ1) is 23.7. The molecule has 1 aliphatic rings. The number of carboxylic acid groups (broad SMARTS) is 1. The molecule has 178 valence electrons. The van der Waals surface area contributed by atoms with Crippen molar-refractivity contribution in [2.75, 3.05) is 10.8 Å². The van der Waals surface area contributed by atoms with Gasteiger partial charge in [0.15, 0.2) is 5.03 Å². The average molecular weight is 485 g/mol. The lowest BCUT2D eigenvalue weighted by Crippen LogP contribution is -2.36. The molecule has 7 nitrogen and oxygen atoms in total. The van der Waals surface area contributed by atoms with Gasteiger partial charge in [0.25, 0.3) is 10.0 Å². The number of benzene rings is 2. The largest absolute Gasteiger partial charge is 0.487 e. The van der Waals surface area contributed by atoms with Crippen LogP contribution in [-0.2, 0) is 29.5 Å². The third kappa shape index (κ3) is 5.04. The van der Waals surface area contributed by atoms with Gasteiger partial charge in [0.2, 0.25) is 0 Å². The molecule has 0 saturated carbocycles. The number of aromatic nitrogens is 1. The number of fused-ring (bicyclic) bond motifs is 1. The normalized spacial score (nSPS) is 13.8. The van der Waals surface area contributed by atoms with Crippen molar-refractivity contribution in [2.45, 2.75) is 44.0 Å². The predicted molar refractivity (Wildman–Crippen MR) is 126 cm³/mol. The summed E-state index contributed by atoms with van der Waals surface area (Å²) in [4.78, 5) is 15.1. The highest BCUT2D eigenvalue weighted by atomic mass is 32.2. The van der Waals surface area contributed by atoms with Gasteiger partial charge in [-0.1, -0.05) is 18.2 Å². The van der Waals surface area contributed by atoms with Gasteiger partial charge in [0, 0.05) is 6.20 Å². The highest BCUT2D eigenvalue weighted by molar-refractivity contribution is 7.92. The number of carboxylic acids is 1. The summed E-state index contributed by atoms with van der Waals surface area (Å²) >= 11 is 0. The molecule has 2 aromatic carbocycles. The second-order valence-electron chi connectivity index (χ2n) is 8.22. The summed E-state index contributed by atoms with van der Waals surface area (Å²) in [6, 6.07) is 14.4. The first-order valence-electron chi connectivity index (χ1n) is 10.9. The molecule has 1 aliphatic carbocycles. The number of rotatable bonds is 9. The van der Waals surface area contributed by atoms with Crippen molar-refractivity contribution in [3.8, 4) is 5.75 Å². The van der Waals surface area contributed by atoms with Crippen molar-refractivity contribution in [1.82, 2.24) is 4.98 Å². The molecule has 0 bridgehead atoms. The summed E-state index contributed by atoms with van der Waals surface area (Å²) in [5.41, 5.74) is 3.23. The van der Waals surface area contributed by atoms with Crippen LogP contribution in [-0.4, -0.2) is 37.2 Å². The van der Waals surface area contributed by atoms with Crippen LogP contribution in [0.2, 0.25) is 0 Å². The molecule has 1 atom stereocenters. The van der Waals surface area contributed by atoms with Crippen molar-refractivity contribution in [3.05, 3.63) is 83.0 Å². The lowest BCUT2D eigenvalue weighted by Gasteiger charge is -2.27. The monoisotopic (exact) mass is 484 g/mol. The zero-order valence-electron chi connectivity index (χ0n) is 18.6. The highest BCUT2D eigenvalue weighted by Crippen LogP contribution is 2.38. The Balaban J connectivity index is 1.73.